The molecule has 1 aromatic carbocycles. The predicted octanol–water partition coefficient (Wildman–Crippen LogP) is 2.29. The van der Waals surface area contributed by atoms with Crippen molar-refractivity contribution in [3.63, 3.8) is 0 Å². The van der Waals surface area contributed by atoms with Gasteiger partial charge >= 0.3 is 0 Å². The van der Waals surface area contributed by atoms with E-state index in [-0.39, 0.29) is 12.3 Å². The van der Waals surface area contributed by atoms with Crippen LogP contribution in [0.5, 0.6) is 0 Å². The van der Waals surface area contributed by atoms with Crippen molar-refractivity contribution in [1.29, 1.82) is 5.26 Å². The van der Waals surface area contributed by atoms with Crippen molar-refractivity contribution < 1.29 is 14.3 Å². The molecule has 1 heterocycles. The summed E-state index contributed by atoms with van der Waals surface area (Å²) in [5.74, 6) is -0.730. The Kier molecular flexibility index (Phi) is 5.29. The fraction of sp³-hybridized carbons (Fsp3) is 0.471. The molecule has 0 saturated carbocycles. The van der Waals surface area contributed by atoms with Gasteiger partial charge in [-0.15, -0.1) is 0 Å². The van der Waals surface area contributed by atoms with Crippen LogP contribution < -0.4 is 5.32 Å². The Morgan fingerprint density at radius 2 is 1.95 bits per heavy atom. The van der Waals surface area contributed by atoms with Gasteiger partial charge in [0, 0.05) is 25.2 Å². The fourth-order valence-corrected chi connectivity index (χ4v) is 2.78. The highest BCUT2D eigenvalue weighted by Crippen LogP contribution is 2.37. The number of nitrogens with one attached hydrogen (secondary N) is 1. The van der Waals surface area contributed by atoms with Crippen LogP contribution in [-0.2, 0) is 9.53 Å². The maximum Gasteiger partial charge on any atom is 0.257 e. The SMILES string of the molecule is C[C@@](C#N)(CC(=O)NC(=O)c1ccccc1)C1CCOCC1. The summed E-state index contributed by atoms with van der Waals surface area (Å²) in [7, 11) is 0. The molecule has 1 aliphatic heterocycles. The average molecular weight is 300 g/mol. The highest BCUT2D eigenvalue weighted by Gasteiger charge is 2.37. The molecule has 1 aliphatic rings. The molecule has 0 spiro atoms. The van der Waals surface area contributed by atoms with Gasteiger partial charge in [-0.05, 0) is 37.8 Å². The number of amides is 2. The Labute approximate surface area is 130 Å². The Bertz CT molecular complexity index is 573. The van der Waals surface area contributed by atoms with Gasteiger partial charge in [0.15, 0.2) is 0 Å². The smallest absolute Gasteiger partial charge is 0.257 e. The predicted molar refractivity (Wildman–Crippen MR) is 80.8 cm³/mol. The molecule has 0 aromatic heterocycles. The standard InChI is InChI=1S/C17H20N2O3/c1-17(12-18,14-7-9-22-10-8-14)11-15(20)19-16(21)13-5-3-2-4-6-13/h2-6,14H,7-11H2,1H3,(H,19,20,21)/t17-/m0/s1. The van der Waals surface area contributed by atoms with Crippen molar-refractivity contribution in [1.82, 2.24) is 5.32 Å². The Balaban J connectivity index is 1.97. The summed E-state index contributed by atoms with van der Waals surface area (Å²) in [6, 6.07) is 10.8. The molecule has 5 nitrogen and oxygen atoms in total. The highest BCUT2D eigenvalue weighted by atomic mass is 16.5. The molecule has 2 amide bonds. The summed E-state index contributed by atoms with van der Waals surface area (Å²) < 4.78 is 5.30. The number of nitrogens with zero attached hydrogens (tertiary/aromatic N) is 1. The van der Waals surface area contributed by atoms with Gasteiger partial charge in [0.25, 0.3) is 5.91 Å². The van der Waals surface area contributed by atoms with Gasteiger partial charge < -0.3 is 4.74 Å². The third kappa shape index (κ3) is 3.92. The van der Waals surface area contributed by atoms with E-state index in [1.807, 2.05) is 0 Å². The van der Waals surface area contributed by atoms with Crippen molar-refractivity contribution in [3.05, 3.63) is 35.9 Å². The van der Waals surface area contributed by atoms with Crippen LogP contribution in [0.4, 0.5) is 0 Å². The van der Waals surface area contributed by atoms with Gasteiger partial charge in [0.05, 0.1) is 11.5 Å². The minimum Gasteiger partial charge on any atom is -0.381 e. The first-order chi connectivity index (χ1) is 10.5. The van der Waals surface area contributed by atoms with Crippen LogP contribution in [-0.4, -0.2) is 25.0 Å². The third-order valence-electron chi connectivity index (χ3n) is 4.19. The maximum absolute atomic E-state index is 12.1. The summed E-state index contributed by atoms with van der Waals surface area (Å²) in [6.45, 7) is 3.02. The molecule has 1 aromatic rings. The minimum absolute atomic E-state index is 0.0206. The number of carbonyl (C=O) groups is 2. The molecule has 0 aliphatic carbocycles. The minimum atomic E-state index is -0.773. The number of carbonyl (C=O) groups excluding carboxylic acids is 2. The molecule has 1 saturated heterocycles. The van der Waals surface area contributed by atoms with Gasteiger partial charge in [0.2, 0.25) is 5.91 Å². The lowest BCUT2D eigenvalue weighted by atomic mass is 9.72. The molecule has 116 valence electrons. The first-order valence-electron chi connectivity index (χ1n) is 7.43. The second-order valence-electron chi connectivity index (χ2n) is 5.84. The van der Waals surface area contributed by atoms with Crippen molar-refractivity contribution in [2.45, 2.75) is 26.2 Å². The van der Waals surface area contributed by atoms with E-state index < -0.39 is 17.2 Å². The molecule has 1 atom stereocenters. The van der Waals surface area contributed by atoms with Gasteiger partial charge in [-0.1, -0.05) is 18.2 Å². The second kappa shape index (κ2) is 7.19. The van der Waals surface area contributed by atoms with E-state index in [1.165, 1.54) is 0 Å². The maximum atomic E-state index is 12.1. The highest BCUT2D eigenvalue weighted by molar-refractivity contribution is 6.04. The van der Waals surface area contributed by atoms with Gasteiger partial charge in [0.1, 0.15) is 0 Å². The van der Waals surface area contributed by atoms with Crippen LogP contribution >= 0.6 is 0 Å². The van der Waals surface area contributed by atoms with Crippen LogP contribution in [0.25, 0.3) is 0 Å². The topological polar surface area (TPSA) is 79.2 Å². The zero-order valence-electron chi connectivity index (χ0n) is 12.7. The average Bonchev–Trinajstić information content (AvgIpc) is 2.56. The molecule has 0 radical (unpaired) electrons. The number of hydrogen-bond donors (Lipinski definition) is 1. The number of ether oxygens (including phenoxy) is 1. The lowest BCUT2D eigenvalue weighted by molar-refractivity contribution is -0.122. The largest absolute Gasteiger partial charge is 0.381 e. The zero-order chi connectivity index (χ0) is 16.0. The molecule has 1 N–H and O–H groups in total. The number of imide groups is 1. The Morgan fingerprint density at radius 3 is 2.55 bits per heavy atom. The van der Waals surface area contributed by atoms with E-state index in [4.69, 9.17) is 4.74 Å². The van der Waals surface area contributed by atoms with Gasteiger partial charge in [-0.25, -0.2) is 0 Å². The molecule has 0 bridgehead atoms. The third-order valence-corrected chi connectivity index (χ3v) is 4.19. The van der Waals surface area contributed by atoms with Crippen LogP contribution in [0.2, 0.25) is 0 Å². The number of hydrogen-bond acceptors (Lipinski definition) is 4. The van der Waals surface area contributed by atoms with Gasteiger partial charge in [-0.3, -0.25) is 14.9 Å². The van der Waals surface area contributed by atoms with Gasteiger partial charge in [-0.2, -0.15) is 5.26 Å². The van der Waals surface area contributed by atoms with Crippen molar-refractivity contribution in [3.8, 4) is 6.07 Å². The monoisotopic (exact) mass is 300 g/mol. The van der Waals surface area contributed by atoms with E-state index in [1.54, 1.807) is 37.3 Å². The second-order valence-corrected chi connectivity index (χ2v) is 5.84. The number of rotatable bonds is 4. The van der Waals surface area contributed by atoms with Crippen molar-refractivity contribution in [2.75, 3.05) is 13.2 Å². The Hall–Kier alpha value is -2.19. The van der Waals surface area contributed by atoms with Crippen LogP contribution in [0, 0.1) is 22.7 Å². The summed E-state index contributed by atoms with van der Waals surface area (Å²) in [4.78, 5) is 24.1. The molecule has 0 unspecified atom stereocenters. The van der Waals surface area contributed by atoms with E-state index in [2.05, 4.69) is 11.4 Å². The first-order valence-corrected chi connectivity index (χ1v) is 7.43. The van der Waals surface area contributed by atoms with Crippen molar-refractivity contribution >= 4 is 11.8 Å². The quantitative estimate of drug-likeness (QED) is 0.925. The van der Waals surface area contributed by atoms with E-state index in [0.29, 0.717) is 18.8 Å². The van der Waals surface area contributed by atoms with Crippen molar-refractivity contribution in [2.24, 2.45) is 11.3 Å². The van der Waals surface area contributed by atoms with Crippen LogP contribution in [0.15, 0.2) is 30.3 Å². The molecule has 2 rings (SSSR count). The fourth-order valence-electron chi connectivity index (χ4n) is 2.78. The zero-order valence-corrected chi connectivity index (χ0v) is 12.7. The first kappa shape index (κ1) is 16.2. The van der Waals surface area contributed by atoms with Crippen LogP contribution in [0.3, 0.4) is 0 Å². The van der Waals surface area contributed by atoms with E-state index in [0.717, 1.165) is 12.8 Å². The van der Waals surface area contributed by atoms with Crippen LogP contribution in [0.1, 0.15) is 36.5 Å². The summed E-state index contributed by atoms with van der Waals surface area (Å²) in [5, 5.41) is 11.8. The Morgan fingerprint density at radius 1 is 1.32 bits per heavy atom. The van der Waals surface area contributed by atoms with E-state index >= 15 is 0 Å². The lowest BCUT2D eigenvalue weighted by Crippen LogP contribution is -2.38. The van der Waals surface area contributed by atoms with E-state index in [9.17, 15) is 14.9 Å². The molecule has 22 heavy (non-hydrogen) atoms. The summed E-state index contributed by atoms with van der Waals surface area (Å²) >= 11 is 0. The number of benzene rings is 1. The molecular weight excluding hydrogens is 280 g/mol. The lowest BCUT2D eigenvalue weighted by Gasteiger charge is -2.33. The summed E-state index contributed by atoms with van der Waals surface area (Å²) in [5.41, 5.74) is -0.342. The molecular formula is C17H20N2O3. The summed E-state index contributed by atoms with van der Waals surface area (Å²) in [6.07, 6.45) is 1.56. The number of nitriles is 1. The molecule has 5 heteroatoms. The molecule has 1 fully saturated rings. The normalized spacial score (nSPS) is 18.0.